The van der Waals surface area contributed by atoms with Crippen LogP contribution in [0.5, 0.6) is 11.5 Å². The third-order valence-corrected chi connectivity index (χ3v) is 5.91. The van der Waals surface area contributed by atoms with Crippen molar-refractivity contribution in [1.29, 1.82) is 5.26 Å². The third-order valence-electron chi connectivity index (χ3n) is 5.69. The molecule has 0 radical (unpaired) electrons. The molecule has 1 aliphatic carbocycles. The van der Waals surface area contributed by atoms with Crippen LogP contribution in [-0.4, -0.2) is 13.1 Å². The number of hydrogen-bond acceptors (Lipinski definition) is 4. The van der Waals surface area contributed by atoms with Gasteiger partial charge in [0.25, 0.3) is 0 Å². The van der Waals surface area contributed by atoms with Gasteiger partial charge >= 0.3 is 5.97 Å². The highest BCUT2D eigenvalue weighted by Gasteiger charge is 2.87. The topological polar surface area (TPSA) is 59.3 Å². The Morgan fingerprint density at radius 2 is 1.71 bits per heavy atom. The minimum absolute atomic E-state index is 0.0721. The van der Waals surface area contributed by atoms with E-state index in [4.69, 9.17) is 32.7 Å². The molecule has 0 unspecified atom stereocenters. The Labute approximate surface area is 174 Å². The summed E-state index contributed by atoms with van der Waals surface area (Å²) < 4.78 is 10.9. The average molecular weight is 416 g/mol. The number of carbonyl (C=O) groups is 1. The number of halogens is 2. The molecule has 4 nitrogen and oxygen atoms in total. The SMILES string of the molecule is COC(=O)[C@@]1(c2cccc(Oc3ccccc3)c2)C(C)(C)[C@@]1(C#N)C=C(Cl)Cl. The molecule has 0 aromatic heterocycles. The van der Waals surface area contributed by atoms with Crippen LogP contribution in [0.25, 0.3) is 0 Å². The molecule has 1 aliphatic rings. The number of benzene rings is 2. The first-order valence-corrected chi connectivity index (χ1v) is 9.39. The number of hydrogen-bond donors (Lipinski definition) is 0. The largest absolute Gasteiger partial charge is 0.468 e. The van der Waals surface area contributed by atoms with Crippen LogP contribution in [0.15, 0.2) is 65.2 Å². The van der Waals surface area contributed by atoms with Crippen LogP contribution in [0, 0.1) is 22.2 Å². The fraction of sp³-hybridized carbons (Fsp3) is 0.273. The first kappa shape index (κ1) is 20.3. The molecule has 2 atom stereocenters. The molecule has 6 heteroatoms. The molecular weight excluding hydrogens is 397 g/mol. The molecule has 3 rings (SSSR count). The number of rotatable bonds is 5. The summed E-state index contributed by atoms with van der Waals surface area (Å²) in [5, 5.41) is 10.0. The fourth-order valence-electron chi connectivity index (χ4n) is 4.31. The summed E-state index contributed by atoms with van der Waals surface area (Å²) in [6, 6.07) is 18.7. The number of carbonyl (C=O) groups excluding carboxylic acids is 1. The Morgan fingerprint density at radius 1 is 1.07 bits per heavy atom. The molecule has 0 N–H and O–H groups in total. The van der Waals surface area contributed by atoms with E-state index in [0.29, 0.717) is 17.1 Å². The van der Waals surface area contributed by atoms with Crippen LogP contribution >= 0.6 is 23.2 Å². The summed E-state index contributed by atoms with van der Waals surface area (Å²) in [5.74, 6) is 0.682. The quantitative estimate of drug-likeness (QED) is 0.582. The summed E-state index contributed by atoms with van der Waals surface area (Å²) in [6.45, 7) is 3.65. The van der Waals surface area contributed by atoms with Crippen LogP contribution < -0.4 is 4.74 Å². The predicted molar refractivity (Wildman–Crippen MR) is 108 cm³/mol. The van der Waals surface area contributed by atoms with Crippen molar-refractivity contribution in [3.63, 3.8) is 0 Å². The van der Waals surface area contributed by atoms with E-state index in [1.165, 1.54) is 13.2 Å². The average Bonchev–Trinajstić information content (AvgIpc) is 3.11. The van der Waals surface area contributed by atoms with Crippen molar-refractivity contribution in [2.45, 2.75) is 19.3 Å². The van der Waals surface area contributed by atoms with Gasteiger partial charge in [0, 0.05) is 5.41 Å². The normalized spacial score (nSPS) is 24.6. The number of esters is 1. The monoisotopic (exact) mass is 415 g/mol. The lowest BCUT2D eigenvalue weighted by Gasteiger charge is -2.20. The van der Waals surface area contributed by atoms with Gasteiger partial charge in [-0.25, -0.2) is 0 Å². The van der Waals surface area contributed by atoms with Gasteiger partial charge in [0.1, 0.15) is 26.8 Å². The van der Waals surface area contributed by atoms with Gasteiger partial charge in [0.2, 0.25) is 0 Å². The van der Waals surface area contributed by atoms with E-state index >= 15 is 0 Å². The van der Waals surface area contributed by atoms with Crippen LogP contribution in [0.1, 0.15) is 19.4 Å². The molecule has 0 amide bonds. The number of para-hydroxylation sites is 1. The molecule has 1 saturated carbocycles. The lowest BCUT2D eigenvalue weighted by Crippen LogP contribution is -2.30. The van der Waals surface area contributed by atoms with Crippen molar-refractivity contribution in [3.05, 3.63) is 70.7 Å². The molecule has 0 saturated heterocycles. The molecule has 28 heavy (non-hydrogen) atoms. The van der Waals surface area contributed by atoms with Gasteiger partial charge in [-0.3, -0.25) is 4.79 Å². The van der Waals surface area contributed by atoms with E-state index in [1.54, 1.807) is 24.3 Å². The fourth-order valence-corrected chi connectivity index (χ4v) is 4.64. The van der Waals surface area contributed by atoms with Gasteiger partial charge in [-0.1, -0.05) is 67.4 Å². The van der Waals surface area contributed by atoms with Crippen molar-refractivity contribution in [2.75, 3.05) is 7.11 Å². The summed E-state index contributed by atoms with van der Waals surface area (Å²) in [6.07, 6.45) is 1.43. The standard InChI is InChI=1S/C22H19Cl2NO3/c1-20(2)21(14-25,13-18(23)24)22(20,19(26)27-3)15-8-7-11-17(12-15)28-16-9-5-4-6-10-16/h4-13H,1-3H3/t21-,22-/m0/s1. The highest BCUT2D eigenvalue weighted by atomic mass is 35.5. The van der Waals surface area contributed by atoms with E-state index < -0.39 is 22.2 Å². The molecule has 2 aromatic rings. The van der Waals surface area contributed by atoms with E-state index in [1.807, 2.05) is 44.2 Å². The maximum Gasteiger partial charge on any atom is 0.318 e. The highest BCUT2D eigenvalue weighted by molar-refractivity contribution is 6.56. The molecule has 2 aromatic carbocycles. The van der Waals surface area contributed by atoms with Gasteiger partial charge in [-0.2, -0.15) is 5.26 Å². The minimum atomic E-state index is -1.27. The maximum atomic E-state index is 13.0. The Hall–Kier alpha value is -2.48. The van der Waals surface area contributed by atoms with E-state index in [2.05, 4.69) is 6.07 Å². The van der Waals surface area contributed by atoms with E-state index in [0.717, 1.165) is 0 Å². The molecule has 144 valence electrons. The molecule has 0 spiro atoms. The Morgan fingerprint density at radius 3 is 2.29 bits per heavy atom. The van der Waals surface area contributed by atoms with Gasteiger partial charge in [0.15, 0.2) is 0 Å². The Kier molecular flexibility index (Phi) is 5.18. The van der Waals surface area contributed by atoms with E-state index in [-0.39, 0.29) is 4.49 Å². The summed E-state index contributed by atoms with van der Waals surface area (Å²) in [4.78, 5) is 13.0. The zero-order valence-corrected chi connectivity index (χ0v) is 17.2. The first-order chi connectivity index (χ1) is 13.3. The van der Waals surface area contributed by atoms with Crippen molar-refractivity contribution in [2.24, 2.45) is 10.8 Å². The predicted octanol–water partition coefficient (Wildman–Crippen LogP) is 5.76. The Balaban J connectivity index is 2.15. The number of nitrogens with zero attached hydrogens (tertiary/aromatic N) is 1. The number of ether oxygens (including phenoxy) is 2. The zero-order valence-electron chi connectivity index (χ0n) is 15.7. The van der Waals surface area contributed by atoms with Gasteiger partial charge in [-0.15, -0.1) is 0 Å². The van der Waals surface area contributed by atoms with Gasteiger partial charge < -0.3 is 9.47 Å². The second-order valence-corrected chi connectivity index (χ2v) is 8.17. The second-order valence-electron chi connectivity index (χ2n) is 7.16. The molecular formula is C22H19Cl2NO3. The van der Waals surface area contributed by atoms with Gasteiger partial charge in [0.05, 0.1) is 13.2 Å². The smallest absolute Gasteiger partial charge is 0.318 e. The number of nitriles is 1. The van der Waals surface area contributed by atoms with Crippen molar-refractivity contribution in [3.8, 4) is 17.6 Å². The lowest BCUT2D eigenvalue weighted by molar-refractivity contribution is -0.145. The zero-order chi connectivity index (χ0) is 20.6. The molecule has 0 heterocycles. The van der Waals surface area contributed by atoms with Crippen molar-refractivity contribution < 1.29 is 14.3 Å². The second kappa shape index (κ2) is 7.16. The highest BCUT2D eigenvalue weighted by Crippen LogP contribution is 2.79. The molecule has 1 fully saturated rings. The third kappa shape index (κ3) is 2.70. The first-order valence-electron chi connectivity index (χ1n) is 8.64. The van der Waals surface area contributed by atoms with Gasteiger partial charge in [-0.05, 0) is 35.9 Å². The minimum Gasteiger partial charge on any atom is -0.468 e. The number of methoxy groups -OCH3 is 1. The van der Waals surface area contributed by atoms with Crippen LogP contribution in [0.2, 0.25) is 0 Å². The maximum absolute atomic E-state index is 13.0. The lowest BCUT2D eigenvalue weighted by atomic mass is 9.85. The number of allylic oxidation sites excluding steroid dienone is 1. The summed E-state index contributed by atoms with van der Waals surface area (Å²) in [5.41, 5.74) is -2.72. The van der Waals surface area contributed by atoms with Crippen LogP contribution in [-0.2, 0) is 14.9 Å². The summed E-state index contributed by atoms with van der Waals surface area (Å²) in [7, 11) is 1.30. The summed E-state index contributed by atoms with van der Waals surface area (Å²) >= 11 is 11.8. The van der Waals surface area contributed by atoms with Crippen molar-refractivity contribution >= 4 is 29.2 Å². The Bertz CT molecular complexity index is 977. The molecule has 0 bridgehead atoms. The van der Waals surface area contributed by atoms with E-state index in [9.17, 15) is 10.1 Å². The molecule has 0 aliphatic heterocycles. The van der Waals surface area contributed by atoms with Crippen LogP contribution in [0.4, 0.5) is 0 Å². The van der Waals surface area contributed by atoms with Crippen molar-refractivity contribution in [1.82, 2.24) is 0 Å². The van der Waals surface area contributed by atoms with Crippen LogP contribution in [0.3, 0.4) is 0 Å².